The molecule has 1 aromatic rings. The Hall–Kier alpha value is -2.25. The Balaban J connectivity index is 1.79. The quantitative estimate of drug-likeness (QED) is 0.858. The number of hydrogen-bond acceptors (Lipinski definition) is 3. The van der Waals surface area contributed by atoms with Gasteiger partial charge in [0.05, 0.1) is 0 Å². The molecule has 2 amide bonds. The predicted octanol–water partition coefficient (Wildman–Crippen LogP) is 1.91. The van der Waals surface area contributed by atoms with Crippen molar-refractivity contribution in [1.29, 1.82) is 0 Å². The Labute approximate surface area is 137 Å². The zero-order valence-corrected chi connectivity index (χ0v) is 13.2. The number of amides is 2. The first-order valence-electron chi connectivity index (χ1n) is 7.65. The highest BCUT2D eigenvalue weighted by atomic mass is 19.4. The standard InChI is InChI=1S/C16H19F3N2O3/c1-2-11-3-5-12(6-4-11)24-9-14(22)20-13-7-8-21(15(13)23)10-16(17,18)19/h3-6,13H,2,7-10H2,1H3,(H,20,22). The third kappa shape index (κ3) is 5.14. The number of aryl methyl sites for hydroxylation is 1. The molecule has 1 heterocycles. The largest absolute Gasteiger partial charge is 0.484 e. The van der Waals surface area contributed by atoms with Gasteiger partial charge in [-0.2, -0.15) is 13.2 Å². The first-order chi connectivity index (χ1) is 11.3. The maximum Gasteiger partial charge on any atom is 0.406 e. The molecule has 132 valence electrons. The summed E-state index contributed by atoms with van der Waals surface area (Å²) in [4.78, 5) is 24.3. The second-order valence-electron chi connectivity index (χ2n) is 5.57. The van der Waals surface area contributed by atoms with Crippen LogP contribution in [0, 0.1) is 0 Å². The van der Waals surface area contributed by atoms with Gasteiger partial charge >= 0.3 is 6.18 Å². The van der Waals surface area contributed by atoms with E-state index in [1.165, 1.54) is 0 Å². The molecule has 0 aliphatic carbocycles. The van der Waals surface area contributed by atoms with Crippen LogP contribution >= 0.6 is 0 Å². The smallest absolute Gasteiger partial charge is 0.406 e. The van der Waals surface area contributed by atoms with Crippen LogP contribution in [-0.4, -0.2) is 48.6 Å². The van der Waals surface area contributed by atoms with E-state index >= 15 is 0 Å². The van der Waals surface area contributed by atoms with Crippen molar-refractivity contribution < 1.29 is 27.5 Å². The third-order valence-corrected chi connectivity index (χ3v) is 3.70. The first-order valence-corrected chi connectivity index (χ1v) is 7.65. The van der Waals surface area contributed by atoms with Gasteiger partial charge in [0.2, 0.25) is 5.91 Å². The number of likely N-dealkylation sites (tertiary alicyclic amines) is 1. The predicted molar refractivity (Wildman–Crippen MR) is 80.5 cm³/mol. The van der Waals surface area contributed by atoms with Crippen LogP contribution in [0.15, 0.2) is 24.3 Å². The zero-order chi connectivity index (χ0) is 17.7. The zero-order valence-electron chi connectivity index (χ0n) is 13.2. The van der Waals surface area contributed by atoms with E-state index in [4.69, 9.17) is 4.74 Å². The van der Waals surface area contributed by atoms with Gasteiger partial charge in [-0.05, 0) is 30.5 Å². The monoisotopic (exact) mass is 344 g/mol. The fourth-order valence-electron chi connectivity index (χ4n) is 2.45. The number of carbonyl (C=O) groups excluding carboxylic acids is 2. The second kappa shape index (κ2) is 7.55. The van der Waals surface area contributed by atoms with E-state index in [1.807, 2.05) is 19.1 Å². The Morgan fingerprint density at radius 1 is 1.33 bits per heavy atom. The summed E-state index contributed by atoms with van der Waals surface area (Å²) in [6.45, 7) is 0.402. The average molecular weight is 344 g/mol. The molecule has 1 unspecified atom stereocenters. The van der Waals surface area contributed by atoms with Crippen LogP contribution in [0.5, 0.6) is 5.75 Å². The molecule has 0 spiro atoms. The van der Waals surface area contributed by atoms with Crippen molar-refractivity contribution >= 4 is 11.8 Å². The molecule has 0 radical (unpaired) electrons. The molecular formula is C16H19F3N2O3. The van der Waals surface area contributed by atoms with E-state index in [0.29, 0.717) is 10.6 Å². The fourth-order valence-corrected chi connectivity index (χ4v) is 2.45. The molecule has 1 aliphatic rings. The maximum atomic E-state index is 12.3. The molecule has 24 heavy (non-hydrogen) atoms. The first kappa shape index (κ1) is 18.1. The van der Waals surface area contributed by atoms with Gasteiger partial charge in [-0.25, -0.2) is 0 Å². The van der Waals surface area contributed by atoms with Crippen LogP contribution < -0.4 is 10.1 Å². The SMILES string of the molecule is CCc1ccc(OCC(=O)NC2CCN(CC(F)(F)F)C2=O)cc1. The van der Waals surface area contributed by atoms with E-state index in [9.17, 15) is 22.8 Å². The van der Waals surface area contributed by atoms with Crippen molar-refractivity contribution in [3.63, 3.8) is 0 Å². The summed E-state index contributed by atoms with van der Waals surface area (Å²) in [7, 11) is 0. The van der Waals surface area contributed by atoms with Crippen LogP contribution in [0.1, 0.15) is 18.9 Å². The molecule has 1 atom stereocenters. The maximum absolute atomic E-state index is 12.3. The van der Waals surface area contributed by atoms with Gasteiger partial charge in [0.15, 0.2) is 6.61 Å². The number of nitrogens with one attached hydrogen (secondary N) is 1. The minimum Gasteiger partial charge on any atom is -0.484 e. The molecule has 1 aromatic carbocycles. The van der Waals surface area contributed by atoms with E-state index in [1.54, 1.807) is 12.1 Å². The highest BCUT2D eigenvalue weighted by Crippen LogP contribution is 2.21. The Morgan fingerprint density at radius 3 is 2.58 bits per heavy atom. The molecule has 1 aliphatic heterocycles. The lowest BCUT2D eigenvalue weighted by Crippen LogP contribution is -2.45. The van der Waals surface area contributed by atoms with Gasteiger partial charge in [0.25, 0.3) is 5.91 Å². The number of hydrogen-bond donors (Lipinski definition) is 1. The van der Waals surface area contributed by atoms with Crippen molar-refractivity contribution in [1.82, 2.24) is 10.2 Å². The van der Waals surface area contributed by atoms with Crippen LogP contribution in [0.3, 0.4) is 0 Å². The summed E-state index contributed by atoms with van der Waals surface area (Å²) in [6, 6.07) is 6.30. The van der Waals surface area contributed by atoms with Gasteiger partial charge in [-0.1, -0.05) is 19.1 Å². The van der Waals surface area contributed by atoms with Gasteiger partial charge in [0, 0.05) is 6.54 Å². The molecule has 0 saturated carbocycles. The molecule has 1 N–H and O–H groups in total. The summed E-state index contributed by atoms with van der Waals surface area (Å²) in [6.07, 6.45) is -3.40. The lowest BCUT2D eigenvalue weighted by molar-refractivity contribution is -0.158. The highest BCUT2D eigenvalue weighted by Gasteiger charge is 2.39. The summed E-state index contributed by atoms with van der Waals surface area (Å²) >= 11 is 0. The molecule has 1 fully saturated rings. The third-order valence-electron chi connectivity index (χ3n) is 3.70. The minimum absolute atomic E-state index is 0.0252. The van der Waals surface area contributed by atoms with Crippen molar-refractivity contribution in [2.24, 2.45) is 0 Å². The van der Waals surface area contributed by atoms with Gasteiger partial charge in [-0.3, -0.25) is 9.59 Å². The van der Waals surface area contributed by atoms with Crippen LogP contribution in [0.25, 0.3) is 0 Å². The number of nitrogens with zero attached hydrogens (tertiary/aromatic N) is 1. The van der Waals surface area contributed by atoms with Crippen molar-refractivity contribution in [3.8, 4) is 5.75 Å². The summed E-state index contributed by atoms with van der Waals surface area (Å²) in [5.41, 5.74) is 1.13. The van der Waals surface area contributed by atoms with Crippen molar-refractivity contribution in [3.05, 3.63) is 29.8 Å². The number of benzene rings is 1. The second-order valence-corrected chi connectivity index (χ2v) is 5.57. The summed E-state index contributed by atoms with van der Waals surface area (Å²) < 4.78 is 42.3. The molecule has 1 saturated heterocycles. The summed E-state index contributed by atoms with van der Waals surface area (Å²) in [5.74, 6) is -0.742. The van der Waals surface area contributed by atoms with Crippen molar-refractivity contribution in [2.75, 3.05) is 19.7 Å². The average Bonchev–Trinajstić information content (AvgIpc) is 2.85. The Kier molecular flexibility index (Phi) is 5.69. The minimum atomic E-state index is -4.44. The Morgan fingerprint density at radius 2 is 2.00 bits per heavy atom. The number of ether oxygens (including phenoxy) is 1. The number of carbonyl (C=O) groups is 2. The number of alkyl halides is 3. The molecular weight excluding hydrogens is 325 g/mol. The van der Waals surface area contributed by atoms with Crippen LogP contribution in [0.2, 0.25) is 0 Å². The van der Waals surface area contributed by atoms with Gasteiger partial charge < -0.3 is 15.0 Å². The van der Waals surface area contributed by atoms with E-state index in [0.717, 1.165) is 12.0 Å². The Bertz CT molecular complexity index is 587. The van der Waals surface area contributed by atoms with Gasteiger partial charge in [-0.15, -0.1) is 0 Å². The lowest BCUT2D eigenvalue weighted by atomic mass is 10.2. The van der Waals surface area contributed by atoms with E-state index < -0.39 is 30.6 Å². The number of rotatable bonds is 6. The summed E-state index contributed by atoms with van der Waals surface area (Å²) in [5, 5.41) is 2.41. The molecule has 0 bridgehead atoms. The normalized spacial score (nSPS) is 17.9. The molecule has 8 heteroatoms. The molecule has 2 rings (SSSR count). The van der Waals surface area contributed by atoms with Crippen LogP contribution in [0.4, 0.5) is 13.2 Å². The van der Waals surface area contributed by atoms with E-state index in [2.05, 4.69) is 5.32 Å². The topological polar surface area (TPSA) is 58.6 Å². The highest BCUT2D eigenvalue weighted by molar-refractivity contribution is 5.89. The fraction of sp³-hybridized carbons (Fsp3) is 0.500. The van der Waals surface area contributed by atoms with Gasteiger partial charge in [0.1, 0.15) is 18.3 Å². The number of halogens is 3. The molecule has 0 aromatic heterocycles. The van der Waals surface area contributed by atoms with Crippen molar-refractivity contribution in [2.45, 2.75) is 32.0 Å². The molecule has 5 nitrogen and oxygen atoms in total. The van der Waals surface area contributed by atoms with Crippen LogP contribution in [-0.2, 0) is 16.0 Å². The lowest BCUT2D eigenvalue weighted by Gasteiger charge is -2.18. The van der Waals surface area contributed by atoms with E-state index in [-0.39, 0.29) is 19.6 Å².